The van der Waals surface area contributed by atoms with Gasteiger partial charge in [0.2, 0.25) is 0 Å². The monoisotopic (exact) mass is 384 g/mol. The zero-order valence-corrected chi connectivity index (χ0v) is 16.3. The number of piperidine rings is 1. The summed E-state index contributed by atoms with van der Waals surface area (Å²) in [5.41, 5.74) is 0.984. The van der Waals surface area contributed by atoms with Crippen LogP contribution in [0.2, 0.25) is 0 Å². The summed E-state index contributed by atoms with van der Waals surface area (Å²) < 4.78 is 33.5. The minimum Gasteiger partial charge on any atom is -0.379 e. The summed E-state index contributed by atoms with van der Waals surface area (Å²) in [6, 6.07) is 1.97. The molecule has 0 bridgehead atoms. The lowest BCUT2D eigenvalue weighted by Crippen LogP contribution is -2.47. The summed E-state index contributed by atoms with van der Waals surface area (Å²) in [5, 5.41) is 6.41. The number of nitrogens with zero attached hydrogens (tertiary/aromatic N) is 4. The van der Waals surface area contributed by atoms with Crippen LogP contribution in [0.15, 0.2) is 6.07 Å². The van der Waals surface area contributed by atoms with Crippen molar-refractivity contribution in [3.63, 3.8) is 0 Å². The van der Waals surface area contributed by atoms with Crippen LogP contribution in [-0.4, -0.2) is 80.5 Å². The van der Waals surface area contributed by atoms with E-state index in [2.05, 4.69) is 20.6 Å². The topological polar surface area (TPSA) is 99.7 Å². The molecular formula is C16H28N6O3S. The quantitative estimate of drug-likeness (QED) is 0.712. The van der Waals surface area contributed by atoms with E-state index in [1.807, 2.05) is 13.1 Å². The molecule has 2 fully saturated rings. The molecule has 2 aliphatic rings. The summed E-state index contributed by atoms with van der Waals surface area (Å²) in [6.07, 6.45) is 2.06. The Kier molecular flexibility index (Phi) is 6.41. The van der Waals surface area contributed by atoms with Gasteiger partial charge in [0.05, 0.1) is 19.8 Å². The molecule has 9 nitrogen and oxygen atoms in total. The van der Waals surface area contributed by atoms with Gasteiger partial charge in [-0.05, 0) is 25.9 Å². The van der Waals surface area contributed by atoms with Gasteiger partial charge in [-0.25, -0.2) is 9.97 Å². The highest BCUT2D eigenvalue weighted by molar-refractivity contribution is 7.86. The standard InChI is InChI=1S/C16H28N6O3S/c1-17-15-11-14(13-3-5-18-6-4-13)19-16(20-15)12-21(2)26(23,24)22-7-9-25-10-8-22/h11,13,18H,3-10,12H2,1-2H3,(H,17,19,20). The van der Waals surface area contributed by atoms with Gasteiger partial charge in [-0.3, -0.25) is 0 Å². The Labute approximate surface area is 155 Å². The number of nitrogens with one attached hydrogen (secondary N) is 2. The molecule has 146 valence electrons. The van der Waals surface area contributed by atoms with E-state index in [1.54, 1.807) is 7.05 Å². The van der Waals surface area contributed by atoms with Gasteiger partial charge >= 0.3 is 0 Å². The lowest BCUT2D eigenvalue weighted by molar-refractivity contribution is 0.0704. The molecule has 0 spiro atoms. The predicted molar refractivity (Wildman–Crippen MR) is 99.2 cm³/mol. The molecule has 10 heteroatoms. The summed E-state index contributed by atoms with van der Waals surface area (Å²) >= 11 is 0. The average molecular weight is 385 g/mol. The van der Waals surface area contributed by atoms with E-state index in [9.17, 15) is 8.42 Å². The lowest BCUT2D eigenvalue weighted by atomic mass is 9.94. The van der Waals surface area contributed by atoms with Crippen LogP contribution in [-0.2, 0) is 21.5 Å². The van der Waals surface area contributed by atoms with Crippen LogP contribution in [0, 0.1) is 0 Å². The van der Waals surface area contributed by atoms with E-state index in [0.29, 0.717) is 38.0 Å². The molecule has 1 aromatic heterocycles. The molecule has 0 unspecified atom stereocenters. The Bertz CT molecular complexity index is 702. The molecule has 2 saturated heterocycles. The molecular weight excluding hydrogens is 356 g/mol. The van der Waals surface area contributed by atoms with E-state index < -0.39 is 10.2 Å². The smallest absolute Gasteiger partial charge is 0.282 e. The fourth-order valence-electron chi connectivity index (χ4n) is 3.30. The van der Waals surface area contributed by atoms with Crippen molar-refractivity contribution in [1.29, 1.82) is 0 Å². The second-order valence-corrected chi connectivity index (χ2v) is 8.68. The zero-order chi connectivity index (χ0) is 18.6. The highest BCUT2D eigenvalue weighted by Gasteiger charge is 2.29. The first kappa shape index (κ1) is 19.4. The predicted octanol–water partition coefficient (Wildman–Crippen LogP) is -0.00590. The fraction of sp³-hybridized carbons (Fsp3) is 0.750. The van der Waals surface area contributed by atoms with Gasteiger partial charge in [0, 0.05) is 44.9 Å². The third-order valence-electron chi connectivity index (χ3n) is 4.86. The number of aromatic nitrogens is 2. The number of anilines is 1. The lowest BCUT2D eigenvalue weighted by Gasteiger charge is -2.30. The first-order valence-electron chi connectivity index (χ1n) is 9.06. The maximum atomic E-state index is 12.7. The molecule has 2 N–H and O–H groups in total. The van der Waals surface area contributed by atoms with Gasteiger partial charge in [0.15, 0.2) is 0 Å². The molecule has 0 atom stereocenters. The van der Waals surface area contributed by atoms with E-state index in [0.717, 1.165) is 37.4 Å². The average Bonchev–Trinajstić information content (AvgIpc) is 2.69. The van der Waals surface area contributed by atoms with Crippen molar-refractivity contribution in [3.8, 4) is 0 Å². The Hall–Kier alpha value is -1.33. The van der Waals surface area contributed by atoms with E-state index in [1.165, 1.54) is 8.61 Å². The van der Waals surface area contributed by atoms with Gasteiger partial charge in [-0.1, -0.05) is 0 Å². The Morgan fingerprint density at radius 2 is 2.00 bits per heavy atom. The summed E-state index contributed by atoms with van der Waals surface area (Å²) in [6.45, 7) is 3.72. The van der Waals surface area contributed by atoms with Gasteiger partial charge in [-0.2, -0.15) is 17.0 Å². The molecule has 0 saturated carbocycles. The van der Waals surface area contributed by atoms with Gasteiger partial charge in [0.1, 0.15) is 11.6 Å². The highest BCUT2D eigenvalue weighted by Crippen LogP contribution is 2.25. The second kappa shape index (κ2) is 8.57. The third-order valence-corrected chi connectivity index (χ3v) is 6.79. The van der Waals surface area contributed by atoms with Crippen LogP contribution in [0.1, 0.15) is 30.3 Å². The van der Waals surface area contributed by atoms with Crippen LogP contribution < -0.4 is 10.6 Å². The third kappa shape index (κ3) is 4.49. The normalized spacial score (nSPS) is 20.4. The number of hydrogen-bond donors (Lipinski definition) is 2. The maximum Gasteiger partial charge on any atom is 0.282 e. The number of morpholine rings is 1. The van der Waals surface area contributed by atoms with Crippen molar-refractivity contribution in [3.05, 3.63) is 17.6 Å². The Balaban J connectivity index is 1.77. The first-order valence-corrected chi connectivity index (χ1v) is 10.5. The summed E-state index contributed by atoms with van der Waals surface area (Å²) in [7, 11) is -0.155. The second-order valence-electron chi connectivity index (χ2n) is 6.64. The number of ether oxygens (including phenoxy) is 1. The van der Waals surface area contributed by atoms with Crippen LogP contribution >= 0.6 is 0 Å². The van der Waals surface area contributed by atoms with Gasteiger partial charge in [-0.15, -0.1) is 0 Å². The largest absolute Gasteiger partial charge is 0.379 e. The molecule has 2 aliphatic heterocycles. The molecule has 0 amide bonds. The van der Waals surface area contributed by atoms with Crippen molar-refractivity contribution in [1.82, 2.24) is 23.9 Å². The minimum atomic E-state index is -3.54. The first-order chi connectivity index (χ1) is 12.5. The van der Waals surface area contributed by atoms with Crippen LogP contribution in [0.5, 0.6) is 0 Å². The molecule has 0 aliphatic carbocycles. The fourth-order valence-corrected chi connectivity index (χ4v) is 4.58. The van der Waals surface area contributed by atoms with Gasteiger partial charge in [0.25, 0.3) is 10.2 Å². The summed E-state index contributed by atoms with van der Waals surface area (Å²) in [4.78, 5) is 9.13. The Morgan fingerprint density at radius 3 is 2.65 bits per heavy atom. The van der Waals surface area contributed by atoms with Crippen molar-refractivity contribution >= 4 is 16.0 Å². The Morgan fingerprint density at radius 1 is 1.31 bits per heavy atom. The van der Waals surface area contributed by atoms with Gasteiger partial charge < -0.3 is 15.4 Å². The maximum absolute atomic E-state index is 12.7. The molecule has 0 radical (unpaired) electrons. The van der Waals surface area contributed by atoms with E-state index in [-0.39, 0.29) is 6.54 Å². The molecule has 26 heavy (non-hydrogen) atoms. The SMILES string of the molecule is CNc1cc(C2CCNCC2)nc(CN(C)S(=O)(=O)N2CCOCC2)n1. The van der Waals surface area contributed by atoms with E-state index >= 15 is 0 Å². The van der Waals surface area contributed by atoms with Crippen LogP contribution in [0.25, 0.3) is 0 Å². The van der Waals surface area contributed by atoms with Crippen molar-refractivity contribution in [2.24, 2.45) is 0 Å². The molecule has 3 heterocycles. The highest BCUT2D eigenvalue weighted by atomic mass is 32.2. The van der Waals surface area contributed by atoms with E-state index in [4.69, 9.17) is 4.74 Å². The molecule has 3 rings (SSSR count). The van der Waals surface area contributed by atoms with Crippen molar-refractivity contribution in [2.45, 2.75) is 25.3 Å². The van der Waals surface area contributed by atoms with Crippen LogP contribution in [0.4, 0.5) is 5.82 Å². The molecule has 1 aromatic rings. The number of hydrogen-bond acceptors (Lipinski definition) is 7. The van der Waals surface area contributed by atoms with Crippen LogP contribution in [0.3, 0.4) is 0 Å². The molecule has 0 aromatic carbocycles. The minimum absolute atomic E-state index is 0.146. The summed E-state index contributed by atoms with van der Waals surface area (Å²) in [5.74, 6) is 1.62. The van der Waals surface area contributed by atoms with Crippen molar-refractivity contribution in [2.75, 3.05) is 58.8 Å². The van der Waals surface area contributed by atoms with Crippen molar-refractivity contribution < 1.29 is 13.2 Å². The number of rotatable bonds is 6. The zero-order valence-electron chi connectivity index (χ0n) is 15.4.